The van der Waals surface area contributed by atoms with Crippen LogP contribution in [0, 0.1) is 24.7 Å². The van der Waals surface area contributed by atoms with Crippen LogP contribution in [0.4, 0.5) is 5.00 Å². The summed E-state index contributed by atoms with van der Waals surface area (Å²) in [5, 5.41) is 1.28. The molecule has 1 aromatic rings. The molecule has 5 heteroatoms. The van der Waals surface area contributed by atoms with E-state index in [4.69, 9.17) is 4.74 Å². The number of fused-ring (bicyclic) bond motifs is 2. The molecule has 1 aliphatic carbocycles. The number of anilines is 1. The number of aromatic nitrogens is 1. The van der Waals surface area contributed by atoms with Gasteiger partial charge >= 0.3 is 5.97 Å². The smallest absolute Gasteiger partial charge is 0.306 e. The Kier molecular flexibility index (Phi) is 4.19. The second kappa shape index (κ2) is 5.84. The predicted molar refractivity (Wildman–Crippen MR) is 89.2 cm³/mol. The van der Waals surface area contributed by atoms with Gasteiger partial charge in [-0.3, -0.25) is 4.79 Å². The maximum atomic E-state index is 12.2. The van der Waals surface area contributed by atoms with Gasteiger partial charge in [-0.2, -0.15) is 4.37 Å². The fourth-order valence-electron chi connectivity index (χ4n) is 3.92. The van der Waals surface area contributed by atoms with Crippen LogP contribution in [0.3, 0.4) is 0 Å². The van der Waals surface area contributed by atoms with Crippen molar-refractivity contribution in [1.82, 2.24) is 4.37 Å². The first-order chi connectivity index (χ1) is 10.3. The summed E-state index contributed by atoms with van der Waals surface area (Å²) >= 11 is 1.60. The number of carbonyl (C=O) groups excluding carboxylic acids is 1. The van der Waals surface area contributed by atoms with Gasteiger partial charge in [-0.1, -0.05) is 0 Å². The molecule has 0 amide bonds. The SMILES string of the molecule is Cc1cc(N2C[C@H]3CC[C@@H](C2)C3CC(=O)OC(C)(C)C)sn1. The van der Waals surface area contributed by atoms with E-state index < -0.39 is 0 Å². The van der Waals surface area contributed by atoms with Gasteiger partial charge in [-0.25, -0.2) is 0 Å². The summed E-state index contributed by atoms with van der Waals surface area (Å²) in [6, 6.07) is 2.18. The molecule has 0 N–H and O–H groups in total. The van der Waals surface area contributed by atoms with Crippen molar-refractivity contribution in [2.75, 3.05) is 18.0 Å². The van der Waals surface area contributed by atoms with E-state index in [0.29, 0.717) is 24.2 Å². The van der Waals surface area contributed by atoms with Gasteiger partial charge in [0.2, 0.25) is 0 Å². The van der Waals surface area contributed by atoms with Crippen molar-refractivity contribution in [3.8, 4) is 0 Å². The summed E-state index contributed by atoms with van der Waals surface area (Å²) in [6.07, 6.45) is 3.07. The minimum atomic E-state index is -0.378. The molecule has 22 heavy (non-hydrogen) atoms. The summed E-state index contributed by atoms with van der Waals surface area (Å²) in [4.78, 5) is 14.6. The monoisotopic (exact) mass is 322 g/mol. The molecule has 4 nitrogen and oxygen atoms in total. The van der Waals surface area contributed by atoms with Crippen LogP contribution in [0.25, 0.3) is 0 Å². The van der Waals surface area contributed by atoms with Crippen molar-refractivity contribution in [3.63, 3.8) is 0 Å². The molecule has 2 aliphatic rings. The summed E-state index contributed by atoms with van der Waals surface area (Å²) < 4.78 is 9.92. The number of aryl methyl sites for hydroxylation is 1. The van der Waals surface area contributed by atoms with E-state index in [2.05, 4.69) is 15.3 Å². The third kappa shape index (κ3) is 3.45. The van der Waals surface area contributed by atoms with Gasteiger partial charge < -0.3 is 9.64 Å². The Labute approximate surface area is 137 Å². The van der Waals surface area contributed by atoms with Crippen LogP contribution >= 0.6 is 11.5 Å². The third-order valence-corrected chi connectivity index (χ3v) is 5.72. The van der Waals surface area contributed by atoms with E-state index >= 15 is 0 Å². The predicted octanol–water partition coefficient (Wildman–Crippen LogP) is 3.65. The second-order valence-electron chi connectivity index (χ2n) is 7.76. The molecule has 122 valence electrons. The van der Waals surface area contributed by atoms with Gasteiger partial charge in [0.25, 0.3) is 0 Å². The number of carbonyl (C=O) groups is 1. The Morgan fingerprint density at radius 1 is 1.36 bits per heavy atom. The lowest BCUT2D eigenvalue weighted by Gasteiger charge is -2.38. The van der Waals surface area contributed by atoms with Crippen molar-refractivity contribution >= 4 is 22.5 Å². The summed E-state index contributed by atoms with van der Waals surface area (Å²) in [7, 11) is 0. The van der Waals surface area contributed by atoms with Crippen LogP contribution in [0.2, 0.25) is 0 Å². The molecule has 1 aromatic heterocycles. The van der Waals surface area contributed by atoms with Crippen LogP contribution < -0.4 is 4.90 Å². The van der Waals surface area contributed by atoms with E-state index in [-0.39, 0.29) is 11.6 Å². The number of ether oxygens (including phenoxy) is 1. The summed E-state index contributed by atoms with van der Waals surface area (Å²) in [6.45, 7) is 9.98. The first kappa shape index (κ1) is 15.8. The molecule has 3 atom stereocenters. The number of piperidine rings is 1. The van der Waals surface area contributed by atoms with Crippen LogP contribution in [-0.2, 0) is 9.53 Å². The van der Waals surface area contributed by atoms with Crippen molar-refractivity contribution in [3.05, 3.63) is 11.8 Å². The van der Waals surface area contributed by atoms with Crippen molar-refractivity contribution in [2.45, 2.75) is 52.6 Å². The Hall–Kier alpha value is -1.10. The minimum Gasteiger partial charge on any atom is -0.460 e. The standard InChI is InChI=1S/C17H26N2O2S/c1-11-7-15(22-18-11)19-9-12-5-6-13(10-19)14(12)8-16(20)21-17(2,3)4/h7,12-14H,5-6,8-10H2,1-4H3/t12-,13+,14?. The fraction of sp³-hybridized carbons (Fsp3) is 0.765. The lowest BCUT2D eigenvalue weighted by molar-refractivity contribution is -0.156. The molecule has 3 rings (SSSR count). The largest absolute Gasteiger partial charge is 0.460 e. The molecule has 2 bridgehead atoms. The third-order valence-electron chi connectivity index (χ3n) is 4.78. The first-order valence-electron chi connectivity index (χ1n) is 8.22. The number of hydrogen-bond acceptors (Lipinski definition) is 5. The number of nitrogens with zero attached hydrogens (tertiary/aromatic N) is 2. The van der Waals surface area contributed by atoms with Crippen molar-refractivity contribution in [1.29, 1.82) is 0 Å². The van der Waals surface area contributed by atoms with E-state index in [9.17, 15) is 4.79 Å². The van der Waals surface area contributed by atoms with Crippen molar-refractivity contribution < 1.29 is 9.53 Å². The molecular weight excluding hydrogens is 296 g/mol. The summed E-state index contributed by atoms with van der Waals surface area (Å²) in [5.41, 5.74) is 0.722. The van der Waals surface area contributed by atoms with E-state index in [0.717, 1.165) is 18.8 Å². The van der Waals surface area contributed by atoms with Gasteiger partial charge in [0.05, 0.1) is 5.69 Å². The summed E-state index contributed by atoms with van der Waals surface area (Å²) in [5.74, 6) is 1.71. The van der Waals surface area contributed by atoms with Crippen LogP contribution in [0.1, 0.15) is 45.7 Å². The Morgan fingerprint density at radius 2 is 2.00 bits per heavy atom. The molecule has 0 radical (unpaired) electrons. The Bertz CT molecular complexity index is 535. The highest BCUT2D eigenvalue weighted by Crippen LogP contribution is 2.45. The maximum Gasteiger partial charge on any atom is 0.306 e. The first-order valence-corrected chi connectivity index (χ1v) is 8.99. The molecule has 2 fully saturated rings. The average Bonchev–Trinajstić information content (AvgIpc) is 2.89. The number of hydrogen-bond donors (Lipinski definition) is 0. The second-order valence-corrected chi connectivity index (χ2v) is 8.55. The molecular formula is C17H26N2O2S. The highest BCUT2D eigenvalue weighted by molar-refractivity contribution is 7.10. The maximum absolute atomic E-state index is 12.2. The van der Waals surface area contributed by atoms with Gasteiger partial charge in [0.15, 0.2) is 0 Å². The zero-order chi connectivity index (χ0) is 15.9. The van der Waals surface area contributed by atoms with Crippen LogP contribution in [0.5, 0.6) is 0 Å². The van der Waals surface area contributed by atoms with Crippen LogP contribution in [-0.4, -0.2) is 29.0 Å². The topological polar surface area (TPSA) is 42.4 Å². The minimum absolute atomic E-state index is 0.0310. The average molecular weight is 322 g/mol. The van der Waals surface area contributed by atoms with E-state index in [1.54, 1.807) is 11.5 Å². The quantitative estimate of drug-likeness (QED) is 0.797. The zero-order valence-electron chi connectivity index (χ0n) is 14.0. The van der Waals surface area contributed by atoms with E-state index in [1.807, 2.05) is 27.7 Å². The lowest BCUT2D eigenvalue weighted by Crippen LogP contribution is -2.42. The molecule has 2 heterocycles. The van der Waals surface area contributed by atoms with Crippen LogP contribution in [0.15, 0.2) is 6.07 Å². The number of rotatable bonds is 3. The highest BCUT2D eigenvalue weighted by atomic mass is 32.1. The highest BCUT2D eigenvalue weighted by Gasteiger charge is 2.43. The van der Waals surface area contributed by atoms with Gasteiger partial charge in [0, 0.05) is 19.5 Å². The molecule has 0 spiro atoms. The molecule has 0 aromatic carbocycles. The Balaban J connectivity index is 1.62. The van der Waals surface area contributed by atoms with Gasteiger partial charge in [-0.15, -0.1) is 0 Å². The Morgan fingerprint density at radius 3 is 2.50 bits per heavy atom. The molecule has 1 saturated heterocycles. The number of esters is 1. The van der Waals surface area contributed by atoms with Gasteiger partial charge in [-0.05, 0) is 75.9 Å². The fourth-order valence-corrected chi connectivity index (χ4v) is 4.70. The molecule has 1 aliphatic heterocycles. The van der Waals surface area contributed by atoms with E-state index in [1.165, 1.54) is 17.8 Å². The lowest BCUT2D eigenvalue weighted by atomic mass is 9.83. The zero-order valence-corrected chi connectivity index (χ0v) is 14.8. The normalized spacial score (nSPS) is 28.0. The van der Waals surface area contributed by atoms with Gasteiger partial charge in [0.1, 0.15) is 10.6 Å². The van der Waals surface area contributed by atoms with Crippen molar-refractivity contribution in [2.24, 2.45) is 17.8 Å². The molecule has 1 saturated carbocycles. The molecule has 1 unspecified atom stereocenters.